The summed E-state index contributed by atoms with van der Waals surface area (Å²) >= 11 is 4.11. The van der Waals surface area contributed by atoms with Gasteiger partial charge in [0.25, 0.3) is 0 Å². The predicted molar refractivity (Wildman–Crippen MR) is 230 cm³/mol. The molecule has 0 fully saturated rings. The first kappa shape index (κ1) is 58.4. The number of carbonyl (C=O) groups is 13. The molecule has 0 spiro atoms. The minimum absolute atomic E-state index is 0.000553. The summed E-state index contributed by atoms with van der Waals surface area (Å²) in [6.45, 7) is 9.30. The zero-order valence-corrected chi connectivity index (χ0v) is 37.8. The SMILES string of the molecule is CC(C)C[C@H](NC(=O)[C@H](C)NC(=O)[C@H](CS)NC(=O)[C@H](C)NC(=O)[C@H](CC(C)C)NC(=O)[C@H](CC(N)=O)NC(=O)[C@@H](N)CC(N)=O)C(=O)N[C@@H](CC(N)=O)C(=O)N[C@@H](CC(N)=O)C(=O)O. The molecule has 0 bridgehead atoms. The number of aliphatic carboxylic acids is 1. The molecule has 9 atom stereocenters. The molecule has 0 radical (unpaired) electrons. The Kier molecular flexibility index (Phi) is 25.4. The van der Waals surface area contributed by atoms with Crippen molar-refractivity contribution in [2.75, 3.05) is 5.75 Å². The number of thiol groups is 1. The predicted octanol–water partition coefficient (Wildman–Crippen LogP) is -7.16. The van der Waals surface area contributed by atoms with E-state index < -0.39 is 157 Å². The van der Waals surface area contributed by atoms with Crippen LogP contribution in [0.5, 0.6) is 0 Å². The Morgan fingerprint density at radius 2 is 0.677 bits per heavy atom. The minimum atomic E-state index is -1.81. The largest absolute Gasteiger partial charge is 0.480 e. The molecule has 366 valence electrons. The van der Waals surface area contributed by atoms with Gasteiger partial charge in [0.15, 0.2) is 0 Å². The van der Waals surface area contributed by atoms with Crippen molar-refractivity contribution >= 4 is 89.5 Å². The molecule has 19 N–H and O–H groups in total. The van der Waals surface area contributed by atoms with Crippen molar-refractivity contribution < 1.29 is 67.4 Å². The smallest absolute Gasteiger partial charge is 0.326 e. The average molecular weight is 946 g/mol. The highest BCUT2D eigenvalue weighted by atomic mass is 32.1. The van der Waals surface area contributed by atoms with E-state index in [-0.39, 0.29) is 30.4 Å². The maximum atomic E-state index is 13.4. The summed E-state index contributed by atoms with van der Waals surface area (Å²) in [5.41, 5.74) is 26.2. The summed E-state index contributed by atoms with van der Waals surface area (Å²) in [5, 5.41) is 27.8. The van der Waals surface area contributed by atoms with Crippen molar-refractivity contribution in [3.8, 4) is 0 Å². The zero-order valence-electron chi connectivity index (χ0n) is 36.9. The van der Waals surface area contributed by atoms with E-state index in [1.54, 1.807) is 27.7 Å². The van der Waals surface area contributed by atoms with Crippen LogP contribution in [0.3, 0.4) is 0 Å². The van der Waals surface area contributed by atoms with Gasteiger partial charge in [-0.1, -0.05) is 27.7 Å². The van der Waals surface area contributed by atoms with Gasteiger partial charge in [0, 0.05) is 5.75 Å². The van der Waals surface area contributed by atoms with Crippen molar-refractivity contribution in [3.63, 3.8) is 0 Å². The van der Waals surface area contributed by atoms with Gasteiger partial charge in [0.1, 0.15) is 48.3 Å². The quantitative estimate of drug-likeness (QED) is 0.0298. The molecule has 0 aliphatic heterocycles. The van der Waals surface area contributed by atoms with Crippen LogP contribution in [0.25, 0.3) is 0 Å². The van der Waals surface area contributed by atoms with E-state index in [2.05, 4.69) is 49.8 Å². The molecule has 0 aliphatic rings. The van der Waals surface area contributed by atoms with E-state index in [0.717, 1.165) is 0 Å². The van der Waals surface area contributed by atoms with Gasteiger partial charge in [-0.25, -0.2) is 4.79 Å². The highest BCUT2D eigenvalue weighted by Gasteiger charge is 2.35. The number of hydrogen-bond donors (Lipinski definition) is 15. The normalized spacial score (nSPS) is 15.1. The number of nitrogens with one attached hydrogen (secondary N) is 8. The molecular formula is C37H63N13O14S. The molecule has 0 unspecified atom stereocenters. The number of primary amides is 4. The highest BCUT2D eigenvalue weighted by molar-refractivity contribution is 7.80. The van der Waals surface area contributed by atoms with E-state index in [0.29, 0.717) is 0 Å². The maximum Gasteiger partial charge on any atom is 0.326 e. The fourth-order valence-corrected chi connectivity index (χ4v) is 5.84. The molecule has 27 nitrogen and oxygen atoms in total. The molecule has 0 aliphatic carbocycles. The number of carbonyl (C=O) groups excluding carboxylic acids is 12. The molecule has 0 saturated carbocycles. The van der Waals surface area contributed by atoms with Crippen LogP contribution in [0.1, 0.15) is 80.1 Å². The second-order valence-corrected chi connectivity index (χ2v) is 16.3. The van der Waals surface area contributed by atoms with Crippen LogP contribution >= 0.6 is 12.6 Å². The standard InChI is InChI=1S/C37H63N13O14S/c1-14(2)7-19(47-34(60)21(10-26(40)52)46-31(57)18(38)9-25(39)51)32(58)43-17(6)30(56)50-24(13-65)36(62)44-16(5)29(55)45-20(8-15(3)4)33(59)48-22(11-27(41)53)35(61)49-23(37(63)64)12-28(42)54/h14-24,65H,7-13,38H2,1-6H3,(H2,39,51)(H2,40,52)(H2,41,53)(H2,42,54)(H,43,58)(H,44,62)(H,45,55)(H,46,57)(H,47,60)(H,48,59)(H,49,61)(H,50,56)(H,63,64)/t16-,17-,18-,19-,20-,21-,22-,23-,24-/m0/s1. The van der Waals surface area contributed by atoms with Gasteiger partial charge in [-0.3, -0.25) is 57.5 Å². The van der Waals surface area contributed by atoms with Crippen LogP contribution in [-0.4, -0.2) is 142 Å². The zero-order chi connectivity index (χ0) is 50.5. The third-order valence-corrected chi connectivity index (χ3v) is 9.22. The number of rotatable bonds is 30. The molecule has 0 aromatic heterocycles. The Hall–Kier alpha value is -6.58. The first-order valence-electron chi connectivity index (χ1n) is 20.1. The van der Waals surface area contributed by atoms with E-state index in [1.165, 1.54) is 13.8 Å². The summed E-state index contributed by atoms with van der Waals surface area (Å²) in [5.74, 6) is -14.4. The molecule has 0 aromatic carbocycles. The van der Waals surface area contributed by atoms with Crippen molar-refractivity contribution in [3.05, 3.63) is 0 Å². The third-order valence-electron chi connectivity index (χ3n) is 8.85. The van der Waals surface area contributed by atoms with Crippen LogP contribution in [0.4, 0.5) is 0 Å². The molecule has 0 heterocycles. The number of nitrogens with two attached hydrogens (primary N) is 5. The number of amides is 12. The topological polar surface area (TPSA) is 468 Å². The first-order valence-corrected chi connectivity index (χ1v) is 20.8. The molecule has 0 aromatic rings. The second-order valence-electron chi connectivity index (χ2n) is 15.9. The maximum absolute atomic E-state index is 13.4. The van der Waals surface area contributed by atoms with E-state index in [9.17, 15) is 67.4 Å². The van der Waals surface area contributed by atoms with Crippen LogP contribution in [0, 0.1) is 11.8 Å². The van der Waals surface area contributed by atoms with Crippen molar-refractivity contribution in [2.45, 2.75) is 134 Å². The lowest BCUT2D eigenvalue weighted by Gasteiger charge is -2.27. The summed E-state index contributed by atoms with van der Waals surface area (Å²) in [6, 6.07) is -13.5. The fourth-order valence-electron chi connectivity index (χ4n) is 5.58. The Balaban J connectivity index is 5.88. The monoisotopic (exact) mass is 945 g/mol. The van der Waals surface area contributed by atoms with Crippen molar-refractivity contribution in [1.29, 1.82) is 0 Å². The lowest BCUT2D eigenvalue weighted by atomic mass is 10.0. The Morgan fingerprint density at radius 1 is 0.400 bits per heavy atom. The lowest BCUT2D eigenvalue weighted by molar-refractivity contribution is -0.144. The summed E-state index contributed by atoms with van der Waals surface area (Å²) in [4.78, 5) is 162. The number of carboxylic acids is 1. The van der Waals surface area contributed by atoms with Crippen molar-refractivity contribution in [2.24, 2.45) is 40.5 Å². The third kappa shape index (κ3) is 23.1. The summed E-state index contributed by atoms with van der Waals surface area (Å²) in [7, 11) is 0. The lowest BCUT2D eigenvalue weighted by Crippen LogP contribution is -2.60. The molecule has 12 amide bonds. The molecule has 28 heteroatoms. The molecule has 0 saturated heterocycles. The fraction of sp³-hybridized carbons (Fsp3) is 0.649. The van der Waals surface area contributed by atoms with E-state index >= 15 is 0 Å². The summed E-state index contributed by atoms with van der Waals surface area (Å²) < 4.78 is 0. The molecule has 0 rings (SSSR count). The van der Waals surface area contributed by atoms with E-state index in [1.807, 2.05) is 5.32 Å². The first-order chi connectivity index (χ1) is 30.0. The van der Waals surface area contributed by atoms with Crippen LogP contribution < -0.4 is 71.2 Å². The number of hydrogen-bond acceptors (Lipinski definition) is 15. The van der Waals surface area contributed by atoms with Gasteiger partial charge in [0.2, 0.25) is 70.9 Å². The highest BCUT2D eigenvalue weighted by Crippen LogP contribution is 2.09. The summed E-state index contributed by atoms with van der Waals surface area (Å²) in [6.07, 6.45) is -2.94. The van der Waals surface area contributed by atoms with Gasteiger partial charge >= 0.3 is 5.97 Å². The minimum Gasteiger partial charge on any atom is -0.480 e. The van der Waals surface area contributed by atoms with Crippen molar-refractivity contribution in [1.82, 2.24) is 42.5 Å². The Bertz CT molecular complexity index is 1800. The van der Waals surface area contributed by atoms with Gasteiger partial charge in [0.05, 0.1) is 31.7 Å². The average Bonchev–Trinajstić information content (AvgIpc) is 3.16. The van der Waals surface area contributed by atoms with Gasteiger partial charge in [-0.05, 0) is 38.5 Å². The van der Waals surface area contributed by atoms with Gasteiger partial charge < -0.3 is 76.3 Å². The number of carboxylic acid groups (broad SMARTS) is 1. The van der Waals surface area contributed by atoms with Crippen LogP contribution in [0.15, 0.2) is 0 Å². The Labute approximate surface area is 379 Å². The van der Waals surface area contributed by atoms with E-state index in [4.69, 9.17) is 28.7 Å². The second kappa shape index (κ2) is 28.3. The molecular weight excluding hydrogens is 883 g/mol. The van der Waals surface area contributed by atoms with Gasteiger partial charge in [-0.15, -0.1) is 0 Å². The molecule has 65 heavy (non-hydrogen) atoms. The Morgan fingerprint density at radius 3 is 1.03 bits per heavy atom. The van der Waals surface area contributed by atoms with Gasteiger partial charge in [-0.2, -0.15) is 12.6 Å². The van der Waals surface area contributed by atoms with Crippen LogP contribution in [-0.2, 0) is 62.3 Å². The van der Waals surface area contributed by atoms with Crippen LogP contribution in [0.2, 0.25) is 0 Å².